The van der Waals surface area contributed by atoms with E-state index in [-0.39, 0.29) is 17.0 Å². The van der Waals surface area contributed by atoms with Gasteiger partial charge in [-0.3, -0.25) is 4.79 Å². The largest absolute Gasteiger partial charge is 0.478 e. The molecule has 3 rings (SSSR count). The lowest BCUT2D eigenvalue weighted by Gasteiger charge is -2.05. The summed E-state index contributed by atoms with van der Waals surface area (Å²) in [6.45, 7) is 1.83. The molecule has 0 unspecified atom stereocenters. The van der Waals surface area contributed by atoms with Crippen molar-refractivity contribution in [2.75, 3.05) is 0 Å². The smallest absolute Gasteiger partial charge is 0.335 e. The molecule has 0 atom stereocenters. The van der Waals surface area contributed by atoms with Gasteiger partial charge in [-0.15, -0.1) is 5.10 Å². The number of hydrogen-bond donors (Lipinski definition) is 1. The lowest BCUT2D eigenvalue weighted by molar-refractivity contribution is 0.0696. The van der Waals surface area contributed by atoms with Gasteiger partial charge in [-0.1, -0.05) is 41.6 Å². The molecule has 0 radical (unpaired) electrons. The summed E-state index contributed by atoms with van der Waals surface area (Å²) in [6.07, 6.45) is 1.50. The van der Waals surface area contributed by atoms with Crippen LogP contribution in [0.25, 0.3) is 5.69 Å². The van der Waals surface area contributed by atoms with Crippen molar-refractivity contribution < 1.29 is 14.7 Å². The molecule has 0 aliphatic carbocycles. The molecule has 6 heteroatoms. The fourth-order valence-electron chi connectivity index (χ4n) is 2.21. The Kier molecular flexibility index (Phi) is 3.72. The average molecular weight is 307 g/mol. The van der Waals surface area contributed by atoms with Crippen molar-refractivity contribution in [1.29, 1.82) is 0 Å². The monoisotopic (exact) mass is 307 g/mol. The van der Waals surface area contributed by atoms with Crippen LogP contribution in [0.3, 0.4) is 0 Å². The number of aromatic carboxylic acids is 1. The van der Waals surface area contributed by atoms with Crippen LogP contribution in [-0.4, -0.2) is 31.9 Å². The van der Waals surface area contributed by atoms with Crippen molar-refractivity contribution in [3.63, 3.8) is 0 Å². The molecule has 0 bridgehead atoms. The van der Waals surface area contributed by atoms with E-state index in [2.05, 4.69) is 10.3 Å². The molecule has 0 spiro atoms. The molecule has 3 aromatic rings. The zero-order valence-electron chi connectivity index (χ0n) is 12.3. The second-order valence-electron chi connectivity index (χ2n) is 5.05. The lowest BCUT2D eigenvalue weighted by atomic mass is 10.1. The van der Waals surface area contributed by atoms with Crippen molar-refractivity contribution in [2.24, 2.45) is 0 Å². The van der Waals surface area contributed by atoms with Crippen LogP contribution in [0.15, 0.2) is 54.7 Å². The summed E-state index contributed by atoms with van der Waals surface area (Å²) in [7, 11) is 0. The topological polar surface area (TPSA) is 85.1 Å². The fourth-order valence-corrected chi connectivity index (χ4v) is 2.21. The molecule has 0 amide bonds. The zero-order valence-corrected chi connectivity index (χ0v) is 12.3. The highest BCUT2D eigenvalue weighted by atomic mass is 16.4. The third kappa shape index (κ3) is 2.87. The van der Waals surface area contributed by atoms with Crippen LogP contribution >= 0.6 is 0 Å². The molecule has 0 fully saturated rings. The van der Waals surface area contributed by atoms with Crippen molar-refractivity contribution >= 4 is 11.8 Å². The maximum absolute atomic E-state index is 12.3. The van der Waals surface area contributed by atoms with Crippen molar-refractivity contribution in [3.8, 4) is 5.69 Å². The summed E-state index contributed by atoms with van der Waals surface area (Å²) in [5, 5.41) is 16.9. The SMILES string of the molecule is Cc1ccc(C(=O)O)cc1-n1cc(C(=O)c2ccccc2)nn1. The first-order valence-electron chi connectivity index (χ1n) is 6.92. The van der Waals surface area contributed by atoms with Gasteiger partial charge in [0.2, 0.25) is 5.78 Å². The Morgan fingerprint density at radius 3 is 2.48 bits per heavy atom. The molecule has 1 heterocycles. The Bertz CT molecular complexity index is 885. The van der Waals surface area contributed by atoms with Crippen LogP contribution in [0.4, 0.5) is 0 Å². The molecule has 2 aromatic carbocycles. The van der Waals surface area contributed by atoms with Gasteiger partial charge in [0, 0.05) is 5.56 Å². The second-order valence-corrected chi connectivity index (χ2v) is 5.05. The van der Waals surface area contributed by atoms with Crippen LogP contribution in [0.1, 0.15) is 32.0 Å². The fraction of sp³-hybridized carbons (Fsp3) is 0.0588. The number of rotatable bonds is 4. The normalized spacial score (nSPS) is 10.5. The van der Waals surface area contributed by atoms with Crippen molar-refractivity contribution in [3.05, 3.63) is 77.1 Å². The summed E-state index contributed by atoms with van der Waals surface area (Å²) in [5.41, 5.74) is 2.28. The third-order valence-corrected chi connectivity index (χ3v) is 3.46. The number of carboxylic acids is 1. The van der Waals surface area contributed by atoms with Gasteiger partial charge in [-0.25, -0.2) is 9.48 Å². The number of ketones is 1. The molecular formula is C17H13N3O3. The summed E-state index contributed by atoms with van der Waals surface area (Å²) in [6, 6.07) is 13.5. The standard InChI is InChI=1S/C17H13N3O3/c1-11-7-8-13(17(22)23)9-15(11)20-10-14(18-19-20)16(21)12-5-3-2-4-6-12/h2-10H,1H3,(H,22,23). The van der Waals surface area contributed by atoms with Gasteiger partial charge in [0.1, 0.15) is 0 Å². The Hall–Kier alpha value is -3.28. The first-order valence-corrected chi connectivity index (χ1v) is 6.92. The summed E-state index contributed by atoms with van der Waals surface area (Å²) >= 11 is 0. The molecule has 0 saturated carbocycles. The van der Waals surface area contributed by atoms with Crippen LogP contribution in [0.5, 0.6) is 0 Å². The zero-order chi connectivity index (χ0) is 16.4. The molecule has 0 aliphatic rings. The first-order chi connectivity index (χ1) is 11.1. The number of carboxylic acid groups (broad SMARTS) is 1. The van der Waals surface area contributed by atoms with Gasteiger partial charge >= 0.3 is 5.97 Å². The average Bonchev–Trinajstić information content (AvgIpc) is 3.05. The van der Waals surface area contributed by atoms with Crippen LogP contribution in [0.2, 0.25) is 0 Å². The van der Waals surface area contributed by atoms with E-state index in [4.69, 9.17) is 5.11 Å². The summed E-state index contributed by atoms with van der Waals surface area (Å²) in [4.78, 5) is 23.4. The number of carbonyl (C=O) groups excluding carboxylic acids is 1. The van der Waals surface area contributed by atoms with Crippen LogP contribution in [-0.2, 0) is 0 Å². The Balaban J connectivity index is 1.98. The summed E-state index contributed by atoms with van der Waals surface area (Å²) < 4.78 is 1.41. The predicted octanol–water partition coefficient (Wildman–Crippen LogP) is 2.50. The van der Waals surface area contributed by atoms with E-state index in [1.54, 1.807) is 30.3 Å². The van der Waals surface area contributed by atoms with Gasteiger partial charge in [-0.05, 0) is 24.6 Å². The van der Waals surface area contributed by atoms with E-state index in [9.17, 15) is 9.59 Å². The minimum atomic E-state index is -1.02. The Morgan fingerprint density at radius 1 is 1.04 bits per heavy atom. The third-order valence-electron chi connectivity index (χ3n) is 3.46. The molecular weight excluding hydrogens is 294 g/mol. The lowest BCUT2D eigenvalue weighted by Crippen LogP contribution is -2.03. The number of hydrogen-bond acceptors (Lipinski definition) is 4. The van der Waals surface area contributed by atoms with Gasteiger partial charge in [0.15, 0.2) is 5.69 Å². The highest BCUT2D eigenvalue weighted by molar-refractivity contribution is 6.07. The van der Waals surface area contributed by atoms with Crippen molar-refractivity contribution in [2.45, 2.75) is 6.92 Å². The Labute approximate surface area is 132 Å². The second kappa shape index (κ2) is 5.84. The number of aromatic nitrogens is 3. The molecule has 1 N–H and O–H groups in total. The van der Waals surface area contributed by atoms with E-state index in [1.165, 1.54) is 23.0 Å². The van der Waals surface area contributed by atoms with E-state index in [1.807, 2.05) is 13.0 Å². The van der Waals surface area contributed by atoms with Gasteiger partial charge in [-0.2, -0.15) is 0 Å². The predicted molar refractivity (Wildman–Crippen MR) is 82.9 cm³/mol. The van der Waals surface area contributed by atoms with E-state index in [0.29, 0.717) is 11.3 Å². The molecule has 0 saturated heterocycles. The van der Waals surface area contributed by atoms with Gasteiger partial charge in [0.05, 0.1) is 17.4 Å². The van der Waals surface area contributed by atoms with E-state index < -0.39 is 5.97 Å². The number of benzene rings is 2. The van der Waals surface area contributed by atoms with Gasteiger partial charge < -0.3 is 5.11 Å². The molecule has 6 nitrogen and oxygen atoms in total. The number of carbonyl (C=O) groups is 2. The highest BCUT2D eigenvalue weighted by Crippen LogP contribution is 2.16. The van der Waals surface area contributed by atoms with Crippen LogP contribution < -0.4 is 0 Å². The number of aryl methyl sites for hydroxylation is 1. The molecule has 1 aromatic heterocycles. The maximum atomic E-state index is 12.3. The minimum absolute atomic E-state index is 0.150. The van der Waals surface area contributed by atoms with Crippen LogP contribution in [0, 0.1) is 6.92 Å². The van der Waals surface area contributed by atoms with E-state index in [0.717, 1.165) is 5.56 Å². The molecule has 23 heavy (non-hydrogen) atoms. The maximum Gasteiger partial charge on any atom is 0.335 e. The highest BCUT2D eigenvalue weighted by Gasteiger charge is 2.15. The van der Waals surface area contributed by atoms with Gasteiger partial charge in [0.25, 0.3) is 0 Å². The summed E-state index contributed by atoms with van der Waals surface area (Å²) in [5.74, 6) is -1.25. The molecule has 114 valence electrons. The van der Waals surface area contributed by atoms with Crippen molar-refractivity contribution in [1.82, 2.24) is 15.0 Å². The van der Waals surface area contributed by atoms with E-state index >= 15 is 0 Å². The molecule has 0 aliphatic heterocycles. The minimum Gasteiger partial charge on any atom is -0.478 e. The Morgan fingerprint density at radius 2 is 1.78 bits per heavy atom. The first kappa shape index (κ1) is 14.6. The quantitative estimate of drug-likeness (QED) is 0.749. The number of nitrogens with zero attached hydrogens (tertiary/aromatic N) is 3.